The third-order valence-electron chi connectivity index (χ3n) is 2.38. The standard InChI is InChI=1S/C11H9N5/c12-11-8-3-1-2-4-9(8)16(15-11)10-7-13-5-6-14-10/h1-7H,(H2,12,15). The molecule has 2 N–H and O–H groups in total. The van der Waals surface area contributed by atoms with Crippen molar-refractivity contribution in [3.8, 4) is 5.82 Å². The molecule has 78 valence electrons. The molecule has 0 radical (unpaired) electrons. The van der Waals surface area contributed by atoms with Crippen LogP contribution in [0.2, 0.25) is 0 Å². The molecule has 3 rings (SSSR count). The number of nitrogens with two attached hydrogens (primary N) is 1. The summed E-state index contributed by atoms with van der Waals surface area (Å²) in [7, 11) is 0. The largest absolute Gasteiger partial charge is 0.382 e. The molecule has 0 saturated carbocycles. The number of nitrogen functional groups attached to an aromatic ring is 1. The summed E-state index contributed by atoms with van der Waals surface area (Å²) in [6, 6.07) is 7.76. The van der Waals surface area contributed by atoms with Gasteiger partial charge in [0.15, 0.2) is 11.6 Å². The third kappa shape index (κ3) is 1.22. The van der Waals surface area contributed by atoms with Crippen molar-refractivity contribution in [1.29, 1.82) is 0 Å². The topological polar surface area (TPSA) is 69.6 Å². The Morgan fingerprint density at radius 1 is 1.12 bits per heavy atom. The normalized spacial score (nSPS) is 10.8. The Morgan fingerprint density at radius 2 is 2.00 bits per heavy atom. The van der Waals surface area contributed by atoms with Gasteiger partial charge in [-0.25, -0.2) is 9.67 Å². The highest BCUT2D eigenvalue weighted by Gasteiger charge is 2.08. The Balaban J connectivity index is 2.33. The summed E-state index contributed by atoms with van der Waals surface area (Å²) in [6.45, 7) is 0. The summed E-state index contributed by atoms with van der Waals surface area (Å²) in [5.41, 5.74) is 6.77. The van der Waals surface area contributed by atoms with Gasteiger partial charge in [-0.1, -0.05) is 12.1 Å². The highest BCUT2D eigenvalue weighted by molar-refractivity contribution is 5.89. The van der Waals surface area contributed by atoms with Crippen molar-refractivity contribution >= 4 is 16.7 Å². The molecule has 3 aromatic rings. The van der Waals surface area contributed by atoms with Crippen molar-refractivity contribution in [2.75, 3.05) is 5.73 Å². The molecule has 0 aliphatic carbocycles. The fourth-order valence-corrected chi connectivity index (χ4v) is 1.67. The fraction of sp³-hybridized carbons (Fsp3) is 0. The maximum atomic E-state index is 5.83. The van der Waals surface area contributed by atoms with E-state index in [2.05, 4.69) is 15.1 Å². The van der Waals surface area contributed by atoms with E-state index in [4.69, 9.17) is 5.73 Å². The van der Waals surface area contributed by atoms with Gasteiger partial charge < -0.3 is 5.73 Å². The van der Waals surface area contributed by atoms with E-state index in [1.165, 1.54) is 0 Å². The van der Waals surface area contributed by atoms with Crippen LogP contribution in [-0.4, -0.2) is 19.7 Å². The minimum absolute atomic E-state index is 0.501. The number of rotatable bonds is 1. The number of aromatic nitrogens is 4. The third-order valence-corrected chi connectivity index (χ3v) is 2.38. The van der Waals surface area contributed by atoms with Gasteiger partial charge in [-0.05, 0) is 12.1 Å². The maximum Gasteiger partial charge on any atom is 0.172 e. The van der Waals surface area contributed by atoms with Crippen molar-refractivity contribution in [1.82, 2.24) is 19.7 Å². The van der Waals surface area contributed by atoms with Crippen LogP contribution in [0.4, 0.5) is 5.82 Å². The zero-order valence-electron chi connectivity index (χ0n) is 8.41. The number of benzene rings is 1. The summed E-state index contributed by atoms with van der Waals surface area (Å²) < 4.78 is 1.69. The van der Waals surface area contributed by atoms with E-state index >= 15 is 0 Å². The molecule has 0 aliphatic heterocycles. The predicted octanol–water partition coefficient (Wildman–Crippen LogP) is 1.40. The Morgan fingerprint density at radius 3 is 2.81 bits per heavy atom. The van der Waals surface area contributed by atoms with Crippen LogP contribution in [0.5, 0.6) is 0 Å². The van der Waals surface area contributed by atoms with Crippen LogP contribution in [0, 0.1) is 0 Å². The smallest absolute Gasteiger partial charge is 0.172 e. The molecule has 5 nitrogen and oxygen atoms in total. The van der Waals surface area contributed by atoms with Crippen molar-refractivity contribution in [3.05, 3.63) is 42.9 Å². The highest BCUT2D eigenvalue weighted by Crippen LogP contribution is 2.21. The summed E-state index contributed by atoms with van der Waals surface area (Å²) >= 11 is 0. The molecule has 0 aliphatic rings. The lowest BCUT2D eigenvalue weighted by molar-refractivity contribution is 0.869. The van der Waals surface area contributed by atoms with E-state index < -0.39 is 0 Å². The highest BCUT2D eigenvalue weighted by atomic mass is 15.3. The second-order valence-electron chi connectivity index (χ2n) is 3.38. The first-order valence-electron chi connectivity index (χ1n) is 4.86. The van der Waals surface area contributed by atoms with Crippen molar-refractivity contribution in [3.63, 3.8) is 0 Å². The number of hydrogen-bond donors (Lipinski definition) is 1. The Bertz CT molecular complexity index is 629. The zero-order valence-corrected chi connectivity index (χ0v) is 8.41. The quantitative estimate of drug-likeness (QED) is 0.660. The van der Waals surface area contributed by atoms with Crippen LogP contribution in [-0.2, 0) is 0 Å². The Labute approximate surface area is 91.6 Å². The molecule has 0 amide bonds. The molecule has 16 heavy (non-hydrogen) atoms. The predicted molar refractivity (Wildman–Crippen MR) is 61.1 cm³/mol. The molecule has 0 unspecified atom stereocenters. The monoisotopic (exact) mass is 211 g/mol. The van der Waals surface area contributed by atoms with Crippen LogP contribution in [0.3, 0.4) is 0 Å². The molecule has 0 fully saturated rings. The first kappa shape index (κ1) is 8.84. The van der Waals surface area contributed by atoms with Crippen molar-refractivity contribution in [2.45, 2.75) is 0 Å². The van der Waals surface area contributed by atoms with E-state index in [1.807, 2.05) is 24.3 Å². The lowest BCUT2D eigenvalue weighted by Crippen LogP contribution is -2.00. The van der Waals surface area contributed by atoms with Crippen LogP contribution < -0.4 is 5.73 Å². The summed E-state index contributed by atoms with van der Waals surface area (Å²) in [5, 5.41) is 5.18. The summed E-state index contributed by atoms with van der Waals surface area (Å²) in [4.78, 5) is 8.21. The minimum atomic E-state index is 0.501. The lowest BCUT2D eigenvalue weighted by Gasteiger charge is -1.99. The molecule has 0 spiro atoms. The van der Waals surface area contributed by atoms with Crippen LogP contribution in [0.15, 0.2) is 42.9 Å². The molecule has 0 saturated heterocycles. The van der Waals surface area contributed by atoms with Gasteiger partial charge in [0.05, 0.1) is 11.7 Å². The van der Waals surface area contributed by atoms with E-state index in [9.17, 15) is 0 Å². The van der Waals surface area contributed by atoms with Crippen LogP contribution in [0.1, 0.15) is 0 Å². The summed E-state index contributed by atoms with van der Waals surface area (Å²) in [5.74, 6) is 1.16. The Hall–Kier alpha value is -2.43. The summed E-state index contributed by atoms with van der Waals surface area (Å²) in [6.07, 6.45) is 4.90. The molecule has 5 heteroatoms. The van der Waals surface area contributed by atoms with E-state index in [0.29, 0.717) is 11.6 Å². The average Bonchev–Trinajstić information content (AvgIpc) is 2.69. The maximum absolute atomic E-state index is 5.83. The lowest BCUT2D eigenvalue weighted by atomic mass is 10.2. The number of anilines is 1. The number of para-hydroxylation sites is 1. The molecule has 2 heterocycles. The van der Waals surface area contributed by atoms with Gasteiger partial charge in [0.2, 0.25) is 0 Å². The van der Waals surface area contributed by atoms with Gasteiger partial charge in [0, 0.05) is 17.8 Å². The van der Waals surface area contributed by atoms with Crippen molar-refractivity contribution in [2.24, 2.45) is 0 Å². The fourth-order valence-electron chi connectivity index (χ4n) is 1.67. The van der Waals surface area contributed by atoms with Gasteiger partial charge in [-0.15, -0.1) is 5.10 Å². The molecule has 2 aromatic heterocycles. The van der Waals surface area contributed by atoms with E-state index in [-0.39, 0.29) is 0 Å². The molecular formula is C11H9N5. The first-order chi connectivity index (χ1) is 7.86. The van der Waals surface area contributed by atoms with Gasteiger partial charge in [-0.2, -0.15) is 0 Å². The second kappa shape index (κ2) is 3.30. The van der Waals surface area contributed by atoms with Gasteiger partial charge in [0.25, 0.3) is 0 Å². The first-order valence-corrected chi connectivity index (χ1v) is 4.86. The second-order valence-corrected chi connectivity index (χ2v) is 3.38. The molecule has 0 bridgehead atoms. The number of nitrogens with zero attached hydrogens (tertiary/aromatic N) is 4. The van der Waals surface area contributed by atoms with Gasteiger partial charge >= 0.3 is 0 Å². The SMILES string of the molecule is Nc1nn(-c2cnccn2)c2ccccc12. The number of hydrogen-bond acceptors (Lipinski definition) is 4. The van der Waals surface area contributed by atoms with E-state index in [1.54, 1.807) is 23.3 Å². The van der Waals surface area contributed by atoms with Gasteiger partial charge in [-0.3, -0.25) is 4.98 Å². The average molecular weight is 211 g/mol. The molecule has 1 aromatic carbocycles. The van der Waals surface area contributed by atoms with Gasteiger partial charge in [0.1, 0.15) is 0 Å². The van der Waals surface area contributed by atoms with E-state index in [0.717, 1.165) is 10.9 Å². The zero-order chi connectivity index (χ0) is 11.0. The molecule has 0 atom stereocenters. The van der Waals surface area contributed by atoms with Crippen LogP contribution >= 0.6 is 0 Å². The number of fused-ring (bicyclic) bond motifs is 1. The minimum Gasteiger partial charge on any atom is -0.382 e. The van der Waals surface area contributed by atoms with Crippen LogP contribution in [0.25, 0.3) is 16.7 Å². The Kier molecular flexibility index (Phi) is 1.83. The van der Waals surface area contributed by atoms with Crippen molar-refractivity contribution < 1.29 is 0 Å². The molecular weight excluding hydrogens is 202 g/mol.